The van der Waals surface area contributed by atoms with E-state index in [2.05, 4.69) is 48.1 Å². The quantitative estimate of drug-likeness (QED) is 0.127. The molecule has 0 atom stereocenters. The molecule has 0 saturated carbocycles. The third kappa shape index (κ3) is 11.7. The first-order valence-corrected chi connectivity index (χ1v) is 16.3. The maximum Gasteiger partial charge on any atom is 0.159 e. The van der Waals surface area contributed by atoms with Gasteiger partial charge < -0.3 is 4.74 Å². The lowest BCUT2D eigenvalue weighted by atomic mass is 10.1. The minimum Gasteiger partial charge on any atom is -0.494 e. The van der Waals surface area contributed by atoms with Crippen LogP contribution in [0.15, 0.2) is 48.8 Å². The van der Waals surface area contributed by atoms with E-state index in [9.17, 15) is 0 Å². The fourth-order valence-corrected chi connectivity index (χ4v) is 5.86. The molecular formula is C34H50N2OS. The van der Waals surface area contributed by atoms with Crippen LogP contribution < -0.4 is 4.74 Å². The Morgan fingerprint density at radius 3 is 1.74 bits per heavy atom. The summed E-state index contributed by atoms with van der Waals surface area (Å²) in [5.74, 6) is 1.69. The third-order valence-electron chi connectivity index (χ3n) is 7.25. The molecule has 0 aliphatic rings. The number of unbranched alkanes of at least 4 members (excludes halogenated alkanes) is 14. The van der Waals surface area contributed by atoms with Gasteiger partial charge in [-0.1, -0.05) is 104 Å². The summed E-state index contributed by atoms with van der Waals surface area (Å²) in [6, 6.07) is 12.7. The van der Waals surface area contributed by atoms with Crippen molar-refractivity contribution in [3.63, 3.8) is 0 Å². The fourth-order valence-electron chi connectivity index (χ4n) is 4.83. The molecule has 0 N–H and O–H groups in total. The van der Waals surface area contributed by atoms with Gasteiger partial charge >= 0.3 is 0 Å². The number of aromatic nitrogens is 2. The van der Waals surface area contributed by atoms with Gasteiger partial charge in [0.15, 0.2) is 5.82 Å². The molecule has 0 spiro atoms. The molecule has 0 fully saturated rings. The van der Waals surface area contributed by atoms with Crippen LogP contribution in [0.25, 0.3) is 21.8 Å². The Morgan fingerprint density at radius 2 is 1.13 bits per heavy atom. The van der Waals surface area contributed by atoms with Crippen molar-refractivity contribution < 1.29 is 4.74 Å². The highest BCUT2D eigenvalue weighted by Gasteiger charge is 2.07. The average Bonchev–Trinajstić information content (AvgIpc) is 3.43. The van der Waals surface area contributed by atoms with Crippen LogP contribution >= 0.6 is 11.3 Å². The lowest BCUT2D eigenvalue weighted by Gasteiger charge is -2.07. The van der Waals surface area contributed by atoms with Crippen LogP contribution in [0.4, 0.5) is 0 Å². The largest absolute Gasteiger partial charge is 0.494 e. The van der Waals surface area contributed by atoms with Crippen LogP contribution in [-0.2, 0) is 6.42 Å². The average molecular weight is 535 g/mol. The van der Waals surface area contributed by atoms with Gasteiger partial charge in [-0.2, -0.15) is 0 Å². The van der Waals surface area contributed by atoms with E-state index < -0.39 is 0 Å². The van der Waals surface area contributed by atoms with Gasteiger partial charge in [0.1, 0.15) is 5.75 Å². The molecule has 0 aliphatic heterocycles. The molecule has 2 heterocycles. The highest BCUT2D eigenvalue weighted by Crippen LogP contribution is 2.29. The van der Waals surface area contributed by atoms with Gasteiger partial charge in [-0.3, -0.25) is 0 Å². The number of aryl methyl sites for hydroxylation is 1. The lowest BCUT2D eigenvalue weighted by molar-refractivity contribution is 0.304. The van der Waals surface area contributed by atoms with Crippen molar-refractivity contribution in [1.82, 2.24) is 9.97 Å². The Bertz CT molecular complexity index is 980. The molecular weight excluding hydrogens is 484 g/mol. The molecule has 3 nitrogen and oxygen atoms in total. The second-order valence-electron chi connectivity index (χ2n) is 10.6. The van der Waals surface area contributed by atoms with Crippen molar-refractivity contribution in [2.45, 2.75) is 123 Å². The molecule has 0 amide bonds. The molecule has 3 rings (SSSR count). The smallest absolute Gasteiger partial charge is 0.159 e. The Labute approximate surface area is 236 Å². The minimum absolute atomic E-state index is 0.763. The molecule has 208 valence electrons. The van der Waals surface area contributed by atoms with Crippen molar-refractivity contribution >= 4 is 11.3 Å². The van der Waals surface area contributed by atoms with Crippen molar-refractivity contribution in [3.8, 4) is 27.6 Å². The number of rotatable bonds is 21. The third-order valence-corrected chi connectivity index (χ3v) is 8.45. The van der Waals surface area contributed by atoms with Gasteiger partial charge in [0.05, 0.1) is 6.61 Å². The number of thiophene rings is 1. The molecule has 1 aromatic carbocycles. The number of hydrogen-bond acceptors (Lipinski definition) is 4. The van der Waals surface area contributed by atoms with Crippen molar-refractivity contribution in [2.24, 2.45) is 0 Å². The maximum absolute atomic E-state index is 5.96. The second-order valence-corrected chi connectivity index (χ2v) is 11.8. The summed E-state index contributed by atoms with van der Waals surface area (Å²) in [5.41, 5.74) is 2.13. The Kier molecular flexibility index (Phi) is 15.1. The molecule has 0 saturated heterocycles. The molecule has 4 heteroatoms. The zero-order valence-corrected chi connectivity index (χ0v) is 24.9. The van der Waals surface area contributed by atoms with Crippen molar-refractivity contribution in [2.75, 3.05) is 6.61 Å². The molecule has 2 aromatic heterocycles. The Balaban J connectivity index is 1.33. The van der Waals surface area contributed by atoms with E-state index in [0.29, 0.717) is 0 Å². The van der Waals surface area contributed by atoms with Crippen LogP contribution in [-0.4, -0.2) is 16.6 Å². The molecule has 3 aromatic rings. The molecule has 38 heavy (non-hydrogen) atoms. The molecule has 0 unspecified atom stereocenters. The van der Waals surface area contributed by atoms with Crippen LogP contribution in [0.2, 0.25) is 0 Å². The summed E-state index contributed by atoms with van der Waals surface area (Å²) in [6.07, 6.45) is 26.6. The van der Waals surface area contributed by atoms with Gasteiger partial charge in [0.2, 0.25) is 0 Å². The predicted octanol–water partition coefficient (Wildman–Crippen LogP) is 11.1. The van der Waals surface area contributed by atoms with Gasteiger partial charge in [-0.05, 0) is 55.7 Å². The number of benzene rings is 1. The highest BCUT2D eigenvalue weighted by molar-refractivity contribution is 7.15. The maximum atomic E-state index is 5.96. The standard InChI is InChI=1S/C34H50N2OS/c1-3-5-7-9-11-12-13-14-16-18-26-37-31-22-20-29(21-23-31)34-35-27-30(28-36-34)33-25-24-32(38-33)19-17-15-10-8-6-4-2/h20-25,27-28H,3-19,26H2,1-2H3. The molecule has 0 bridgehead atoms. The van der Waals surface area contributed by atoms with Crippen LogP contribution in [0.3, 0.4) is 0 Å². The van der Waals surface area contributed by atoms with Crippen LogP contribution in [0.5, 0.6) is 5.75 Å². The minimum atomic E-state index is 0.763. The molecule has 0 radical (unpaired) electrons. The van der Waals surface area contributed by atoms with Crippen LogP contribution in [0.1, 0.15) is 121 Å². The normalized spacial score (nSPS) is 11.2. The summed E-state index contributed by atoms with van der Waals surface area (Å²) in [7, 11) is 0. The highest BCUT2D eigenvalue weighted by atomic mass is 32.1. The predicted molar refractivity (Wildman–Crippen MR) is 165 cm³/mol. The van der Waals surface area contributed by atoms with Gasteiger partial charge in [-0.15, -0.1) is 11.3 Å². The summed E-state index contributed by atoms with van der Waals surface area (Å²) in [6.45, 7) is 5.35. The van der Waals surface area contributed by atoms with E-state index in [4.69, 9.17) is 4.74 Å². The van der Waals surface area contributed by atoms with E-state index in [0.717, 1.165) is 35.7 Å². The number of hydrogen-bond donors (Lipinski definition) is 0. The van der Waals surface area contributed by atoms with E-state index in [1.54, 1.807) is 0 Å². The first-order valence-electron chi connectivity index (χ1n) is 15.4. The first kappa shape index (κ1) is 30.3. The summed E-state index contributed by atoms with van der Waals surface area (Å²) >= 11 is 1.88. The zero-order valence-electron chi connectivity index (χ0n) is 24.1. The Morgan fingerprint density at radius 1 is 0.579 bits per heavy atom. The van der Waals surface area contributed by atoms with E-state index in [1.807, 2.05) is 35.9 Å². The van der Waals surface area contributed by atoms with Crippen molar-refractivity contribution in [1.29, 1.82) is 0 Å². The van der Waals surface area contributed by atoms with Gasteiger partial charge in [-0.25, -0.2) is 9.97 Å². The topological polar surface area (TPSA) is 35.0 Å². The SMILES string of the molecule is CCCCCCCCCCCCOc1ccc(-c2ncc(-c3ccc(CCCCCCCC)s3)cn2)cc1. The molecule has 0 aliphatic carbocycles. The summed E-state index contributed by atoms with van der Waals surface area (Å²) in [4.78, 5) is 12.0. The number of ether oxygens (including phenoxy) is 1. The first-order chi connectivity index (χ1) is 18.8. The lowest BCUT2D eigenvalue weighted by Crippen LogP contribution is -1.97. The Hall–Kier alpha value is -2.20. The van der Waals surface area contributed by atoms with Gasteiger partial charge in [0.25, 0.3) is 0 Å². The fraction of sp³-hybridized carbons (Fsp3) is 0.588. The second kappa shape index (κ2) is 19.0. The van der Waals surface area contributed by atoms with Crippen LogP contribution in [0, 0.1) is 0 Å². The zero-order chi connectivity index (χ0) is 26.7. The van der Waals surface area contributed by atoms with E-state index >= 15 is 0 Å². The summed E-state index contributed by atoms with van der Waals surface area (Å²) in [5, 5.41) is 0. The van der Waals surface area contributed by atoms with Crippen molar-refractivity contribution in [3.05, 3.63) is 53.7 Å². The summed E-state index contributed by atoms with van der Waals surface area (Å²) < 4.78 is 5.96. The monoisotopic (exact) mass is 534 g/mol. The van der Waals surface area contributed by atoms with E-state index in [-0.39, 0.29) is 0 Å². The number of nitrogens with zero attached hydrogens (tertiary/aromatic N) is 2. The van der Waals surface area contributed by atoms with E-state index in [1.165, 1.54) is 112 Å². The van der Waals surface area contributed by atoms with Gasteiger partial charge in [0, 0.05) is 33.3 Å².